The summed E-state index contributed by atoms with van der Waals surface area (Å²) in [5, 5.41) is 0.589. The number of benzene rings is 1. The van der Waals surface area contributed by atoms with Crippen LogP contribution in [-0.4, -0.2) is 40.1 Å². The van der Waals surface area contributed by atoms with Gasteiger partial charge in [0.2, 0.25) is 5.91 Å². The van der Waals surface area contributed by atoms with Crippen molar-refractivity contribution in [3.8, 4) is 16.9 Å². The normalized spacial score (nSPS) is 14.3. The van der Waals surface area contributed by atoms with Crippen molar-refractivity contribution < 1.29 is 9.53 Å². The van der Waals surface area contributed by atoms with Gasteiger partial charge in [-0.1, -0.05) is 12.1 Å². The van der Waals surface area contributed by atoms with E-state index in [2.05, 4.69) is 4.98 Å². The highest BCUT2D eigenvalue weighted by Crippen LogP contribution is 2.36. The molecule has 3 heterocycles. The zero-order valence-electron chi connectivity index (χ0n) is 16.8. The number of likely N-dealkylation sites (tertiary alicyclic amines) is 1. The lowest BCUT2D eigenvalue weighted by atomic mass is 10.0. The highest BCUT2D eigenvalue weighted by atomic mass is 32.1. The van der Waals surface area contributed by atoms with Crippen molar-refractivity contribution in [2.45, 2.75) is 39.7 Å². The van der Waals surface area contributed by atoms with Crippen LogP contribution in [-0.2, 0) is 11.3 Å². The van der Waals surface area contributed by atoms with Gasteiger partial charge in [0, 0.05) is 23.5 Å². The Bertz CT molecular complexity index is 1080. The molecule has 29 heavy (non-hydrogen) atoms. The third-order valence-corrected chi connectivity index (χ3v) is 6.34. The van der Waals surface area contributed by atoms with Gasteiger partial charge in [-0.2, -0.15) is 0 Å². The predicted octanol–water partition coefficient (Wildman–Crippen LogP) is 3.84. The first kappa shape index (κ1) is 19.6. The fraction of sp³-hybridized carbons (Fsp3) is 0.409. The Morgan fingerprint density at radius 3 is 2.59 bits per heavy atom. The van der Waals surface area contributed by atoms with Gasteiger partial charge in [-0.15, -0.1) is 11.3 Å². The molecule has 1 aliphatic rings. The van der Waals surface area contributed by atoms with Crippen LogP contribution in [0.3, 0.4) is 0 Å². The molecule has 0 radical (unpaired) electrons. The van der Waals surface area contributed by atoms with E-state index in [1.54, 1.807) is 0 Å². The average Bonchev–Trinajstić information content (AvgIpc) is 3.08. The third-order valence-electron chi connectivity index (χ3n) is 5.32. The molecule has 0 unspecified atom stereocenters. The minimum Gasteiger partial charge on any atom is -0.494 e. The molecule has 0 spiro atoms. The van der Waals surface area contributed by atoms with Crippen molar-refractivity contribution >= 4 is 27.5 Å². The first-order valence-corrected chi connectivity index (χ1v) is 10.9. The van der Waals surface area contributed by atoms with Gasteiger partial charge < -0.3 is 9.64 Å². The van der Waals surface area contributed by atoms with Crippen LogP contribution in [0.1, 0.15) is 31.1 Å². The molecule has 3 aromatic rings. The van der Waals surface area contributed by atoms with Crippen LogP contribution in [0, 0.1) is 6.92 Å². The highest BCUT2D eigenvalue weighted by Gasteiger charge is 2.20. The van der Waals surface area contributed by atoms with Gasteiger partial charge in [-0.25, -0.2) is 4.98 Å². The molecule has 2 aromatic heterocycles. The summed E-state index contributed by atoms with van der Waals surface area (Å²) in [6.45, 7) is 6.15. The minimum atomic E-state index is -0.159. The van der Waals surface area contributed by atoms with Crippen LogP contribution in [0.5, 0.6) is 5.75 Å². The zero-order valence-corrected chi connectivity index (χ0v) is 17.6. The van der Waals surface area contributed by atoms with E-state index in [0.29, 0.717) is 16.8 Å². The van der Waals surface area contributed by atoms with Gasteiger partial charge in [-0.3, -0.25) is 14.2 Å². The van der Waals surface area contributed by atoms with Gasteiger partial charge >= 0.3 is 0 Å². The van der Waals surface area contributed by atoms with E-state index in [0.717, 1.165) is 54.1 Å². The van der Waals surface area contributed by atoms with Crippen LogP contribution < -0.4 is 10.3 Å². The maximum absolute atomic E-state index is 13.3. The summed E-state index contributed by atoms with van der Waals surface area (Å²) in [7, 11) is 0. The fourth-order valence-corrected chi connectivity index (χ4v) is 4.87. The summed E-state index contributed by atoms with van der Waals surface area (Å²) in [6.07, 6.45) is 4.73. The van der Waals surface area contributed by atoms with E-state index in [1.807, 2.05) is 43.0 Å². The minimum absolute atomic E-state index is 0.0116. The van der Waals surface area contributed by atoms with Crippen molar-refractivity contribution in [2.24, 2.45) is 0 Å². The van der Waals surface area contributed by atoms with Gasteiger partial charge in [0.1, 0.15) is 17.1 Å². The molecule has 0 N–H and O–H groups in total. The van der Waals surface area contributed by atoms with Crippen molar-refractivity contribution in [3.05, 3.63) is 45.8 Å². The zero-order chi connectivity index (χ0) is 20.4. The average molecular weight is 412 g/mol. The van der Waals surface area contributed by atoms with Crippen LogP contribution >= 0.6 is 11.3 Å². The Morgan fingerprint density at radius 1 is 1.17 bits per heavy atom. The smallest absolute Gasteiger partial charge is 0.263 e. The predicted molar refractivity (Wildman–Crippen MR) is 116 cm³/mol. The van der Waals surface area contributed by atoms with Crippen molar-refractivity contribution in [2.75, 3.05) is 19.7 Å². The Labute approximate surface area is 173 Å². The number of ether oxygens (including phenoxy) is 1. The molecule has 4 rings (SSSR count). The molecule has 152 valence electrons. The lowest BCUT2D eigenvalue weighted by Crippen LogP contribution is -2.39. The van der Waals surface area contributed by atoms with Gasteiger partial charge in [0.15, 0.2) is 0 Å². The summed E-state index contributed by atoms with van der Waals surface area (Å²) in [6, 6.07) is 7.76. The van der Waals surface area contributed by atoms with Gasteiger partial charge in [-0.05, 0) is 50.8 Å². The Morgan fingerprint density at radius 2 is 1.90 bits per heavy atom. The van der Waals surface area contributed by atoms with Crippen LogP contribution in [0.15, 0.2) is 35.4 Å². The molecule has 1 amide bonds. The summed E-state index contributed by atoms with van der Waals surface area (Å²) >= 11 is 1.51. The standard InChI is InChI=1S/C22H25N3O3S/c1-3-28-17-9-7-16(8-10-17)19-15(2)29-21-20(19)22(27)25(14-23-21)13-18(26)24-11-5-4-6-12-24/h7-10,14H,3-6,11-13H2,1-2H3. The van der Waals surface area contributed by atoms with Crippen LogP contribution in [0.4, 0.5) is 0 Å². The number of hydrogen-bond donors (Lipinski definition) is 0. The lowest BCUT2D eigenvalue weighted by Gasteiger charge is -2.26. The number of piperidine rings is 1. The number of aromatic nitrogens is 2. The molecule has 1 saturated heterocycles. The Kier molecular flexibility index (Phi) is 5.67. The number of carbonyl (C=O) groups excluding carboxylic acids is 1. The number of rotatable bonds is 5. The van der Waals surface area contributed by atoms with Gasteiger partial charge in [0.25, 0.3) is 5.56 Å². The Hall–Kier alpha value is -2.67. The maximum atomic E-state index is 13.3. The SMILES string of the molecule is CCOc1ccc(-c2c(C)sc3ncn(CC(=O)N4CCCCC4)c(=O)c23)cc1. The number of hydrogen-bond acceptors (Lipinski definition) is 5. The molecule has 0 atom stereocenters. The number of amides is 1. The van der Waals surface area contributed by atoms with E-state index in [9.17, 15) is 9.59 Å². The van der Waals surface area contributed by atoms with Crippen molar-refractivity contribution in [1.29, 1.82) is 0 Å². The van der Waals surface area contributed by atoms with Crippen molar-refractivity contribution in [3.63, 3.8) is 0 Å². The monoisotopic (exact) mass is 411 g/mol. The van der Waals surface area contributed by atoms with Crippen LogP contribution in [0.25, 0.3) is 21.3 Å². The fourth-order valence-electron chi connectivity index (χ4n) is 3.87. The summed E-state index contributed by atoms with van der Waals surface area (Å²) < 4.78 is 6.97. The summed E-state index contributed by atoms with van der Waals surface area (Å²) in [5.41, 5.74) is 1.69. The number of nitrogens with zero attached hydrogens (tertiary/aromatic N) is 3. The first-order chi connectivity index (χ1) is 14.1. The second-order valence-corrected chi connectivity index (χ2v) is 8.49. The number of carbonyl (C=O) groups is 1. The quantitative estimate of drug-likeness (QED) is 0.640. The summed E-state index contributed by atoms with van der Waals surface area (Å²) in [5.74, 6) is 0.790. The molecule has 7 heteroatoms. The second kappa shape index (κ2) is 8.37. The lowest BCUT2D eigenvalue weighted by molar-refractivity contribution is -0.132. The molecular formula is C22H25N3O3S. The number of aryl methyl sites for hydroxylation is 1. The molecule has 1 aliphatic heterocycles. The molecule has 1 aromatic carbocycles. The Balaban J connectivity index is 1.70. The maximum Gasteiger partial charge on any atom is 0.263 e. The molecule has 0 aliphatic carbocycles. The van der Waals surface area contributed by atoms with E-state index < -0.39 is 0 Å². The van der Waals surface area contributed by atoms with E-state index >= 15 is 0 Å². The van der Waals surface area contributed by atoms with Crippen molar-refractivity contribution in [1.82, 2.24) is 14.5 Å². The summed E-state index contributed by atoms with van der Waals surface area (Å²) in [4.78, 5) is 34.0. The van der Waals surface area contributed by atoms with Gasteiger partial charge in [0.05, 0.1) is 18.3 Å². The molecule has 1 fully saturated rings. The van der Waals surface area contributed by atoms with E-state index in [-0.39, 0.29) is 18.0 Å². The molecule has 0 bridgehead atoms. The first-order valence-electron chi connectivity index (χ1n) is 10.1. The van der Waals surface area contributed by atoms with Crippen LogP contribution in [0.2, 0.25) is 0 Å². The van der Waals surface area contributed by atoms with E-state index in [1.165, 1.54) is 22.2 Å². The topological polar surface area (TPSA) is 64.4 Å². The third kappa shape index (κ3) is 3.92. The molecule has 6 nitrogen and oxygen atoms in total. The second-order valence-electron chi connectivity index (χ2n) is 7.29. The molecular weight excluding hydrogens is 386 g/mol. The molecule has 0 saturated carbocycles. The highest BCUT2D eigenvalue weighted by molar-refractivity contribution is 7.19. The number of fused-ring (bicyclic) bond motifs is 1. The number of thiophene rings is 1. The largest absolute Gasteiger partial charge is 0.494 e. The van der Waals surface area contributed by atoms with E-state index in [4.69, 9.17) is 4.74 Å².